The summed E-state index contributed by atoms with van der Waals surface area (Å²) in [6, 6.07) is 0. The van der Waals surface area contributed by atoms with Crippen LogP contribution in [0.25, 0.3) is 0 Å². The number of hydrogen-bond donors (Lipinski definition) is 2. The minimum absolute atomic E-state index is 0.0520. The maximum Gasteiger partial charge on any atom is 0.306 e. The van der Waals surface area contributed by atoms with Crippen LogP contribution in [-0.2, 0) is 19.1 Å². The average molecular weight is 453 g/mol. The van der Waals surface area contributed by atoms with E-state index in [2.05, 4.69) is 20.8 Å². The molecule has 0 saturated carbocycles. The minimum atomic E-state index is -0.993. The van der Waals surface area contributed by atoms with E-state index in [0.717, 1.165) is 70.6 Å². The molecule has 0 fully saturated rings. The highest BCUT2D eigenvalue weighted by molar-refractivity contribution is 5.94. The van der Waals surface area contributed by atoms with Gasteiger partial charge in [-0.2, -0.15) is 0 Å². The zero-order valence-electron chi connectivity index (χ0n) is 20.3. The molecule has 0 unspecified atom stereocenters. The molecule has 0 saturated heterocycles. The molecule has 0 spiro atoms. The number of ether oxygens (including phenoxy) is 1. The Labute approximate surface area is 193 Å². The number of carbonyl (C=O) groups is 3. The SMILES string of the molecule is CCCCC(C)(C)[C@H](O)CC[C@H]1C=CC(=O)[C@@H]1CCCCCCCOC(=O)CCC(=O)O. The highest BCUT2D eigenvalue weighted by Crippen LogP contribution is 2.35. The van der Waals surface area contributed by atoms with Crippen molar-refractivity contribution in [2.75, 3.05) is 6.61 Å². The molecule has 32 heavy (non-hydrogen) atoms. The second-order valence-corrected chi connectivity index (χ2v) is 9.89. The number of aliphatic hydroxyl groups excluding tert-OH is 1. The van der Waals surface area contributed by atoms with Gasteiger partial charge in [-0.3, -0.25) is 14.4 Å². The molecule has 6 nitrogen and oxygen atoms in total. The van der Waals surface area contributed by atoms with E-state index in [0.29, 0.717) is 6.61 Å². The number of allylic oxidation sites excluding steroid dienone is 2. The van der Waals surface area contributed by atoms with Crippen molar-refractivity contribution in [3.63, 3.8) is 0 Å². The van der Waals surface area contributed by atoms with Gasteiger partial charge in [0, 0.05) is 5.92 Å². The van der Waals surface area contributed by atoms with E-state index >= 15 is 0 Å². The molecule has 0 aromatic heterocycles. The Kier molecular flexibility index (Phi) is 13.5. The quantitative estimate of drug-likeness (QED) is 0.211. The van der Waals surface area contributed by atoms with Gasteiger partial charge in [0.05, 0.1) is 25.6 Å². The third kappa shape index (κ3) is 11.3. The smallest absolute Gasteiger partial charge is 0.306 e. The zero-order chi connectivity index (χ0) is 24.0. The summed E-state index contributed by atoms with van der Waals surface area (Å²) in [5, 5.41) is 19.2. The van der Waals surface area contributed by atoms with Crippen molar-refractivity contribution in [3.8, 4) is 0 Å². The molecule has 1 aliphatic carbocycles. The summed E-state index contributed by atoms with van der Waals surface area (Å²) >= 11 is 0. The first-order valence-electron chi connectivity index (χ1n) is 12.4. The monoisotopic (exact) mass is 452 g/mol. The lowest BCUT2D eigenvalue weighted by molar-refractivity contribution is -0.147. The normalized spacial score (nSPS) is 19.3. The summed E-state index contributed by atoms with van der Waals surface area (Å²) in [4.78, 5) is 34.1. The number of esters is 1. The van der Waals surface area contributed by atoms with Gasteiger partial charge in [0.15, 0.2) is 5.78 Å². The van der Waals surface area contributed by atoms with Crippen LogP contribution in [0.2, 0.25) is 0 Å². The van der Waals surface area contributed by atoms with Crippen LogP contribution in [0.4, 0.5) is 0 Å². The standard InChI is InChI=1S/C26H44O6/c1-4-5-18-26(2,3)23(28)15-13-20-12-14-22(27)21(20)11-9-7-6-8-10-19-32-25(31)17-16-24(29)30/h12,14,20-21,23,28H,4-11,13,15-19H2,1-3H3,(H,29,30)/t20-,21-,23-/m1/s1. The Bertz CT molecular complexity index is 609. The summed E-state index contributed by atoms with van der Waals surface area (Å²) in [6.07, 6.45) is 13.7. The van der Waals surface area contributed by atoms with Crippen LogP contribution >= 0.6 is 0 Å². The number of ketones is 1. The number of carboxylic acids is 1. The van der Waals surface area contributed by atoms with Crippen molar-refractivity contribution in [1.29, 1.82) is 0 Å². The largest absolute Gasteiger partial charge is 0.481 e. The molecule has 0 aromatic rings. The third-order valence-electron chi connectivity index (χ3n) is 6.71. The van der Waals surface area contributed by atoms with Gasteiger partial charge >= 0.3 is 11.9 Å². The van der Waals surface area contributed by atoms with Crippen LogP contribution < -0.4 is 0 Å². The Morgan fingerprint density at radius 3 is 2.44 bits per heavy atom. The molecule has 0 aliphatic heterocycles. The lowest BCUT2D eigenvalue weighted by atomic mass is 9.77. The highest BCUT2D eigenvalue weighted by Gasteiger charge is 2.32. The summed E-state index contributed by atoms with van der Waals surface area (Å²) < 4.78 is 5.02. The molecule has 3 atom stereocenters. The second kappa shape index (κ2) is 15.2. The van der Waals surface area contributed by atoms with Gasteiger partial charge in [-0.25, -0.2) is 0 Å². The Morgan fingerprint density at radius 2 is 1.75 bits per heavy atom. The number of hydrogen-bond acceptors (Lipinski definition) is 5. The van der Waals surface area contributed by atoms with E-state index in [1.165, 1.54) is 0 Å². The van der Waals surface area contributed by atoms with Crippen molar-refractivity contribution in [3.05, 3.63) is 12.2 Å². The van der Waals surface area contributed by atoms with Gasteiger partial charge in [0.25, 0.3) is 0 Å². The molecule has 6 heteroatoms. The molecule has 184 valence electrons. The van der Waals surface area contributed by atoms with Crippen molar-refractivity contribution in [2.45, 2.75) is 110 Å². The molecule has 1 aliphatic rings. The van der Waals surface area contributed by atoms with Gasteiger partial charge < -0.3 is 14.9 Å². The molecule has 1 rings (SSSR count). The maximum atomic E-state index is 12.3. The average Bonchev–Trinajstić information content (AvgIpc) is 3.10. The van der Waals surface area contributed by atoms with Gasteiger partial charge in [-0.1, -0.05) is 65.4 Å². The molecule has 0 bridgehead atoms. The van der Waals surface area contributed by atoms with Crippen LogP contribution in [0.1, 0.15) is 104 Å². The number of rotatable bonds is 18. The van der Waals surface area contributed by atoms with Crippen LogP contribution in [-0.4, -0.2) is 40.6 Å². The first kappa shape index (κ1) is 28.3. The van der Waals surface area contributed by atoms with E-state index < -0.39 is 11.9 Å². The maximum absolute atomic E-state index is 12.3. The van der Waals surface area contributed by atoms with Gasteiger partial charge in [0.2, 0.25) is 0 Å². The molecule has 0 heterocycles. The summed E-state index contributed by atoms with van der Waals surface area (Å²) in [7, 11) is 0. The fourth-order valence-corrected chi connectivity index (χ4v) is 4.34. The van der Waals surface area contributed by atoms with E-state index in [-0.39, 0.29) is 42.0 Å². The molecular weight excluding hydrogens is 408 g/mol. The molecule has 2 N–H and O–H groups in total. The van der Waals surface area contributed by atoms with E-state index in [1.807, 2.05) is 6.08 Å². The van der Waals surface area contributed by atoms with Crippen LogP contribution in [0.3, 0.4) is 0 Å². The van der Waals surface area contributed by atoms with Crippen LogP contribution in [0, 0.1) is 17.3 Å². The zero-order valence-corrected chi connectivity index (χ0v) is 20.3. The van der Waals surface area contributed by atoms with Gasteiger partial charge in [-0.05, 0) is 49.5 Å². The number of unbranched alkanes of at least 4 members (excludes halogenated alkanes) is 5. The fraction of sp³-hybridized carbons (Fsp3) is 0.808. The fourth-order valence-electron chi connectivity index (χ4n) is 4.34. The lowest BCUT2D eigenvalue weighted by Crippen LogP contribution is -2.30. The van der Waals surface area contributed by atoms with E-state index in [9.17, 15) is 19.5 Å². The van der Waals surface area contributed by atoms with E-state index in [4.69, 9.17) is 9.84 Å². The molecule has 0 radical (unpaired) electrons. The third-order valence-corrected chi connectivity index (χ3v) is 6.71. The minimum Gasteiger partial charge on any atom is -0.481 e. The van der Waals surface area contributed by atoms with Gasteiger partial charge in [0.1, 0.15) is 0 Å². The first-order chi connectivity index (χ1) is 15.2. The van der Waals surface area contributed by atoms with Crippen LogP contribution in [0.5, 0.6) is 0 Å². The van der Waals surface area contributed by atoms with Crippen molar-refractivity contribution in [2.24, 2.45) is 17.3 Å². The molecule has 0 aromatic carbocycles. The lowest BCUT2D eigenvalue weighted by Gasteiger charge is -2.31. The molecule has 0 amide bonds. The van der Waals surface area contributed by atoms with Crippen molar-refractivity contribution in [1.82, 2.24) is 0 Å². The Hall–Kier alpha value is -1.69. The number of carbonyl (C=O) groups excluding carboxylic acids is 2. The Balaban J connectivity index is 2.19. The molecular formula is C26H44O6. The van der Waals surface area contributed by atoms with Crippen molar-refractivity contribution < 1.29 is 29.3 Å². The first-order valence-corrected chi connectivity index (χ1v) is 12.4. The predicted molar refractivity (Wildman–Crippen MR) is 125 cm³/mol. The Morgan fingerprint density at radius 1 is 1.06 bits per heavy atom. The van der Waals surface area contributed by atoms with Crippen LogP contribution in [0.15, 0.2) is 12.2 Å². The predicted octanol–water partition coefficient (Wildman–Crippen LogP) is 5.46. The van der Waals surface area contributed by atoms with Gasteiger partial charge in [-0.15, -0.1) is 0 Å². The number of carboxylic acid groups (broad SMARTS) is 1. The summed E-state index contributed by atoms with van der Waals surface area (Å²) in [6.45, 7) is 6.78. The van der Waals surface area contributed by atoms with E-state index in [1.54, 1.807) is 6.08 Å². The topological polar surface area (TPSA) is 101 Å². The summed E-state index contributed by atoms with van der Waals surface area (Å²) in [5.74, 6) is -0.930. The number of aliphatic hydroxyl groups is 1. The van der Waals surface area contributed by atoms with Crippen molar-refractivity contribution >= 4 is 17.7 Å². The highest BCUT2D eigenvalue weighted by atomic mass is 16.5. The second-order valence-electron chi connectivity index (χ2n) is 9.89. The number of aliphatic carboxylic acids is 1. The summed E-state index contributed by atoms with van der Waals surface area (Å²) in [5.41, 5.74) is -0.0809.